The zero-order chi connectivity index (χ0) is 33.3. The van der Waals surface area contributed by atoms with Crippen LogP contribution in [0.3, 0.4) is 0 Å². The highest BCUT2D eigenvalue weighted by Gasteiger charge is 2.71. The summed E-state index contributed by atoms with van der Waals surface area (Å²) in [6, 6.07) is 3.20. The van der Waals surface area contributed by atoms with Crippen LogP contribution in [-0.2, 0) is 22.6 Å². The number of primary amides is 1. The lowest BCUT2D eigenvalue weighted by molar-refractivity contribution is -0.686. The van der Waals surface area contributed by atoms with Gasteiger partial charge in [0, 0.05) is 23.7 Å². The van der Waals surface area contributed by atoms with Crippen LogP contribution in [0.25, 0.3) is 0 Å². The number of hydrogen-bond acceptors (Lipinski definition) is 4. The number of ether oxygens (including phenoxy) is 1. The number of esters is 1. The molecule has 1 heterocycles. The number of nitrogens with two attached hydrogens (primary N) is 1. The number of allylic oxidation sites excluding steroid dienone is 1. The fraction of sp³-hybridized carbons (Fsp3) is 0.769. The number of aliphatic hydroxyl groups is 1. The maximum atomic E-state index is 13.3. The molecule has 0 aromatic carbocycles. The number of carbonyl (C=O) groups is 2. The first-order valence-electron chi connectivity index (χ1n) is 18.1. The van der Waals surface area contributed by atoms with Crippen molar-refractivity contribution in [2.75, 3.05) is 6.61 Å². The second-order valence-electron chi connectivity index (χ2n) is 17.6. The van der Waals surface area contributed by atoms with Gasteiger partial charge in [-0.1, -0.05) is 46.8 Å². The van der Waals surface area contributed by atoms with Gasteiger partial charge >= 0.3 is 12.0 Å². The number of carbonyl (C=O) groups excluding carboxylic acids is 2. The summed E-state index contributed by atoms with van der Waals surface area (Å²) in [5.41, 5.74) is 8.12. The molecular weight excluding hydrogens is 610 g/mol. The van der Waals surface area contributed by atoms with E-state index in [0.29, 0.717) is 42.7 Å². The molecule has 6 rings (SSSR count). The standard InChI is InChI=1S/C39H59N3O4.ClH/c1-25(2)27-12-17-39(24-43)19-18-37(6)28(33(27)39)10-11-30-36(5)15-14-31(35(3,4)29(36)13-16-38(30,37)7)46-32(44)23-42-20-8-9-26(22-42)21-41-34(40)45;/h8-9,20,22,27-31,33,43H,1,10-19,21,23-24H2,2-7H3,(H2-,40,41,45);1H/t27-,28?,29?,30?,31-,33?,36-,37+,38+,39+;/m0./s1. The highest BCUT2D eigenvalue weighted by atomic mass is 35.5. The van der Waals surface area contributed by atoms with Crippen LogP contribution in [0, 0.1) is 56.7 Å². The first kappa shape index (κ1) is 36.2. The number of fused-ring (bicyclic) bond motifs is 7. The van der Waals surface area contributed by atoms with E-state index < -0.39 is 6.03 Å². The van der Waals surface area contributed by atoms with E-state index in [4.69, 9.17) is 10.5 Å². The maximum absolute atomic E-state index is 13.3. The average Bonchev–Trinajstić information content (AvgIpc) is 3.39. The highest BCUT2D eigenvalue weighted by molar-refractivity contribution is 5.71. The number of nitrogens with zero attached hydrogens (tertiary/aromatic N) is 1. The SMILES string of the molecule is C=C(C)[C@@H]1CC[C@]2(CO)CC[C@]3(C)C(CCC4[C@@]5(C)CC[C@H](OC(=O)C[n+]6cccc(CNC(N)=O)c6)C(C)(C)C5CC[C@]43C)C12.[Cl-]. The van der Waals surface area contributed by atoms with Crippen LogP contribution in [0.2, 0.25) is 0 Å². The molecule has 47 heavy (non-hydrogen) atoms. The summed E-state index contributed by atoms with van der Waals surface area (Å²) in [7, 11) is 0. The van der Waals surface area contributed by atoms with Gasteiger partial charge in [-0.2, -0.15) is 4.57 Å². The number of urea groups is 1. The number of aromatic nitrogens is 1. The maximum Gasteiger partial charge on any atom is 0.372 e. The third kappa shape index (κ3) is 5.63. The summed E-state index contributed by atoms with van der Waals surface area (Å²) in [4.78, 5) is 24.5. The molecule has 10 atom stereocenters. The third-order valence-electron chi connectivity index (χ3n) is 15.5. The Morgan fingerprint density at radius 3 is 2.43 bits per heavy atom. The lowest BCUT2D eigenvalue weighted by Crippen LogP contribution is -3.00. The summed E-state index contributed by atoms with van der Waals surface area (Å²) in [6.07, 6.45) is 15.3. The van der Waals surface area contributed by atoms with Gasteiger partial charge in [-0.3, -0.25) is 0 Å². The summed E-state index contributed by atoms with van der Waals surface area (Å²) in [5.74, 6) is 2.68. The van der Waals surface area contributed by atoms with Crippen molar-refractivity contribution in [3.05, 3.63) is 42.2 Å². The van der Waals surface area contributed by atoms with E-state index in [9.17, 15) is 14.7 Å². The van der Waals surface area contributed by atoms with Crippen molar-refractivity contribution < 1.29 is 36.4 Å². The predicted octanol–water partition coefficient (Wildman–Crippen LogP) is 3.71. The number of hydrogen-bond donors (Lipinski definition) is 3. The van der Waals surface area contributed by atoms with Gasteiger partial charge in [0.05, 0.1) is 6.54 Å². The largest absolute Gasteiger partial charge is 1.00 e. The average molecular weight is 670 g/mol. The highest BCUT2D eigenvalue weighted by Crippen LogP contribution is 2.77. The molecule has 5 aliphatic rings. The van der Waals surface area contributed by atoms with E-state index in [1.54, 1.807) is 0 Å². The van der Waals surface area contributed by atoms with Gasteiger partial charge in [-0.25, -0.2) is 9.59 Å². The van der Waals surface area contributed by atoms with Crippen LogP contribution in [0.1, 0.15) is 111 Å². The summed E-state index contributed by atoms with van der Waals surface area (Å²) in [5, 5.41) is 13.4. The van der Waals surface area contributed by atoms with Gasteiger partial charge < -0.3 is 33.3 Å². The van der Waals surface area contributed by atoms with Crippen LogP contribution in [0.4, 0.5) is 4.79 Å². The number of aliphatic hydroxyl groups excluding tert-OH is 1. The fourth-order valence-electron chi connectivity index (χ4n) is 13.1. The molecule has 2 amide bonds. The van der Waals surface area contributed by atoms with E-state index in [-0.39, 0.29) is 58.1 Å². The number of nitrogens with one attached hydrogen (secondary N) is 1. The molecule has 4 unspecified atom stereocenters. The molecule has 8 heteroatoms. The fourth-order valence-corrected chi connectivity index (χ4v) is 13.1. The van der Waals surface area contributed by atoms with Crippen molar-refractivity contribution in [1.82, 2.24) is 5.32 Å². The second kappa shape index (κ2) is 12.6. The number of amides is 2. The Morgan fingerprint density at radius 2 is 1.74 bits per heavy atom. The first-order chi connectivity index (χ1) is 21.6. The quantitative estimate of drug-likeness (QED) is 0.234. The Hall–Kier alpha value is -2.12. The number of pyridine rings is 1. The topological polar surface area (TPSA) is 106 Å². The lowest BCUT2D eigenvalue weighted by Gasteiger charge is -2.73. The molecule has 0 aliphatic heterocycles. The van der Waals surface area contributed by atoms with Crippen molar-refractivity contribution in [3.63, 3.8) is 0 Å². The number of halogens is 1. The van der Waals surface area contributed by atoms with Crippen molar-refractivity contribution >= 4 is 12.0 Å². The zero-order valence-electron chi connectivity index (χ0n) is 29.7. The molecule has 0 radical (unpaired) electrons. The van der Waals surface area contributed by atoms with E-state index in [0.717, 1.165) is 31.2 Å². The van der Waals surface area contributed by atoms with Crippen molar-refractivity contribution in [2.45, 2.75) is 125 Å². The van der Waals surface area contributed by atoms with Gasteiger partial charge in [0.2, 0.25) is 6.54 Å². The third-order valence-corrected chi connectivity index (χ3v) is 15.5. The molecule has 0 spiro atoms. The van der Waals surface area contributed by atoms with Crippen LogP contribution < -0.4 is 28.0 Å². The Balaban J connectivity index is 0.00000433. The number of rotatable bonds is 7. The summed E-state index contributed by atoms with van der Waals surface area (Å²) in [6.45, 7) is 20.1. The van der Waals surface area contributed by atoms with Gasteiger partial charge in [0.25, 0.3) is 0 Å². The minimum atomic E-state index is -0.570. The van der Waals surface area contributed by atoms with Crippen molar-refractivity contribution in [3.8, 4) is 0 Å². The minimum absolute atomic E-state index is 0. The second-order valence-corrected chi connectivity index (χ2v) is 17.6. The first-order valence-corrected chi connectivity index (χ1v) is 18.1. The van der Waals surface area contributed by atoms with Gasteiger partial charge in [-0.15, -0.1) is 0 Å². The molecule has 5 saturated carbocycles. The minimum Gasteiger partial charge on any atom is -1.00 e. The van der Waals surface area contributed by atoms with E-state index >= 15 is 0 Å². The molecule has 1 aromatic rings. The van der Waals surface area contributed by atoms with Crippen LogP contribution in [0.15, 0.2) is 36.7 Å². The Labute approximate surface area is 289 Å². The molecule has 4 N–H and O–H groups in total. The smallest absolute Gasteiger partial charge is 0.372 e. The monoisotopic (exact) mass is 669 g/mol. The molecule has 5 fully saturated rings. The molecule has 5 aliphatic carbocycles. The lowest BCUT2D eigenvalue weighted by atomic mass is 9.32. The summed E-state index contributed by atoms with van der Waals surface area (Å²) >= 11 is 0. The molecular formula is C39H60ClN3O4. The van der Waals surface area contributed by atoms with Crippen LogP contribution in [-0.4, -0.2) is 29.8 Å². The Morgan fingerprint density at radius 1 is 1.00 bits per heavy atom. The van der Waals surface area contributed by atoms with E-state index in [1.165, 1.54) is 44.1 Å². The Bertz CT molecular complexity index is 1380. The van der Waals surface area contributed by atoms with Gasteiger partial charge in [-0.05, 0) is 128 Å². The van der Waals surface area contributed by atoms with Crippen molar-refractivity contribution in [2.24, 2.45) is 62.4 Å². The summed E-state index contributed by atoms with van der Waals surface area (Å²) < 4.78 is 8.16. The zero-order valence-corrected chi connectivity index (χ0v) is 30.5. The molecule has 0 bridgehead atoms. The van der Waals surface area contributed by atoms with Crippen LogP contribution in [0.5, 0.6) is 0 Å². The van der Waals surface area contributed by atoms with Crippen molar-refractivity contribution in [1.29, 1.82) is 0 Å². The normalized spacial score (nSPS) is 41.6. The van der Waals surface area contributed by atoms with Gasteiger partial charge in [0.1, 0.15) is 6.10 Å². The predicted molar refractivity (Wildman–Crippen MR) is 179 cm³/mol. The van der Waals surface area contributed by atoms with E-state index in [2.05, 4.69) is 53.4 Å². The molecule has 7 nitrogen and oxygen atoms in total. The molecule has 262 valence electrons. The van der Waals surface area contributed by atoms with Crippen LogP contribution >= 0.6 is 0 Å². The van der Waals surface area contributed by atoms with Gasteiger partial charge in [0.15, 0.2) is 12.4 Å². The molecule has 1 aromatic heterocycles. The van der Waals surface area contributed by atoms with E-state index in [1.807, 2.05) is 29.1 Å². The Kier molecular flexibility index (Phi) is 9.73. The molecule has 0 saturated heterocycles.